The zero-order chi connectivity index (χ0) is 10.9. The lowest BCUT2D eigenvalue weighted by atomic mass is 10.6. The summed E-state index contributed by atoms with van der Waals surface area (Å²) < 4.78 is 0.171. The summed E-state index contributed by atoms with van der Waals surface area (Å²) in [5.41, 5.74) is 0. The van der Waals surface area contributed by atoms with E-state index in [4.69, 9.17) is 4.84 Å². The average molecular weight is 188 g/mol. The molecular formula is C9H18NO3+. The first-order valence-electron chi connectivity index (χ1n) is 3.98. The Morgan fingerprint density at radius 2 is 1.85 bits per heavy atom. The maximum atomic E-state index is 10.5. The van der Waals surface area contributed by atoms with Crippen LogP contribution in [0.15, 0.2) is 12.7 Å². The zero-order valence-electron chi connectivity index (χ0n) is 8.74. The molecule has 0 heterocycles. The molecule has 0 aliphatic heterocycles. The normalized spacial score (nSPS) is 9.23. The molecule has 0 saturated heterocycles. The van der Waals surface area contributed by atoms with E-state index in [1.54, 1.807) is 21.1 Å². The number of hydrogen-bond donors (Lipinski definition) is 0. The van der Waals surface area contributed by atoms with Crippen LogP contribution in [0.1, 0.15) is 13.3 Å². The Hall–Kier alpha value is -1.16. The number of quaternary nitrogens is 1. The Morgan fingerprint density at radius 3 is 1.92 bits per heavy atom. The van der Waals surface area contributed by atoms with Crippen LogP contribution in [-0.4, -0.2) is 38.0 Å². The number of carbonyl (C=O) groups excluding carboxylic acids is 2. The van der Waals surface area contributed by atoms with Crippen molar-refractivity contribution in [2.75, 3.05) is 21.1 Å². The molecule has 0 rings (SSSR count). The highest BCUT2D eigenvalue weighted by molar-refractivity contribution is 5.80. The van der Waals surface area contributed by atoms with Gasteiger partial charge in [0.1, 0.15) is 27.4 Å². The second-order valence-corrected chi connectivity index (χ2v) is 3.08. The standard InChI is InChI=1S/C6H12NO2.C3H6O/c1-5-6(8)9-7(2,3)4;1-2-3-4/h5H,1H2,2-4H3;3H,2H2,1H3/q+1;. The Kier molecular flexibility index (Phi) is 8.28. The maximum absolute atomic E-state index is 10.5. The third-order valence-corrected chi connectivity index (χ3v) is 0.697. The second-order valence-electron chi connectivity index (χ2n) is 3.08. The van der Waals surface area contributed by atoms with Crippen LogP contribution < -0.4 is 0 Å². The Labute approximate surface area is 79.3 Å². The van der Waals surface area contributed by atoms with Gasteiger partial charge in [-0.2, -0.15) is 0 Å². The van der Waals surface area contributed by atoms with Crippen LogP contribution in [0.2, 0.25) is 0 Å². The van der Waals surface area contributed by atoms with Crippen LogP contribution >= 0.6 is 0 Å². The molecule has 0 fully saturated rings. The Morgan fingerprint density at radius 1 is 1.46 bits per heavy atom. The van der Waals surface area contributed by atoms with E-state index in [0.29, 0.717) is 6.42 Å². The number of aldehydes is 1. The number of rotatable bonds is 3. The zero-order valence-corrected chi connectivity index (χ0v) is 8.74. The van der Waals surface area contributed by atoms with Gasteiger partial charge < -0.3 is 4.79 Å². The highest BCUT2D eigenvalue weighted by Gasteiger charge is 2.11. The molecule has 0 spiro atoms. The third kappa shape index (κ3) is 18.1. The van der Waals surface area contributed by atoms with Crippen LogP contribution in [0.25, 0.3) is 0 Å². The molecule has 13 heavy (non-hydrogen) atoms. The lowest BCUT2D eigenvalue weighted by Gasteiger charge is -2.18. The highest BCUT2D eigenvalue weighted by Crippen LogP contribution is 1.92. The first-order valence-corrected chi connectivity index (χ1v) is 3.98. The van der Waals surface area contributed by atoms with Gasteiger partial charge in [-0.15, -0.1) is 4.65 Å². The largest absolute Gasteiger partial charge is 0.389 e. The van der Waals surface area contributed by atoms with Crippen LogP contribution in [0, 0.1) is 0 Å². The number of carbonyl (C=O) groups is 2. The number of hydrogen-bond acceptors (Lipinski definition) is 3. The molecule has 0 unspecified atom stereocenters. The fourth-order valence-electron chi connectivity index (χ4n) is 0.307. The van der Waals surface area contributed by atoms with Gasteiger partial charge in [-0.05, 0) is 0 Å². The minimum atomic E-state index is -0.400. The molecule has 0 aromatic rings. The topological polar surface area (TPSA) is 43.4 Å². The smallest absolute Gasteiger partial charge is 0.303 e. The number of nitrogens with zero attached hydrogens (tertiary/aromatic N) is 1. The summed E-state index contributed by atoms with van der Waals surface area (Å²) >= 11 is 0. The molecule has 76 valence electrons. The van der Waals surface area contributed by atoms with Crippen LogP contribution in [0.4, 0.5) is 0 Å². The Balaban J connectivity index is 0. The van der Waals surface area contributed by atoms with Gasteiger partial charge in [0, 0.05) is 12.5 Å². The summed E-state index contributed by atoms with van der Waals surface area (Å²) in [5.74, 6) is -0.400. The molecule has 0 aliphatic rings. The lowest BCUT2D eigenvalue weighted by Crippen LogP contribution is -2.36. The van der Waals surface area contributed by atoms with Crippen molar-refractivity contribution in [3.05, 3.63) is 12.7 Å². The van der Waals surface area contributed by atoms with Gasteiger partial charge in [0.05, 0.1) is 0 Å². The van der Waals surface area contributed by atoms with Crippen molar-refractivity contribution < 1.29 is 19.1 Å². The molecule has 4 nitrogen and oxygen atoms in total. The summed E-state index contributed by atoms with van der Waals surface area (Å²) in [5, 5.41) is 0. The van der Waals surface area contributed by atoms with Crippen molar-refractivity contribution in [3.8, 4) is 0 Å². The van der Waals surface area contributed by atoms with E-state index in [0.717, 1.165) is 12.4 Å². The molecule has 0 N–H and O–H groups in total. The van der Waals surface area contributed by atoms with E-state index in [9.17, 15) is 9.59 Å². The van der Waals surface area contributed by atoms with Crippen molar-refractivity contribution in [2.24, 2.45) is 0 Å². The summed E-state index contributed by atoms with van der Waals surface area (Å²) in [6.07, 6.45) is 2.66. The van der Waals surface area contributed by atoms with Gasteiger partial charge in [-0.25, -0.2) is 4.79 Å². The molecule has 0 aliphatic carbocycles. The van der Waals surface area contributed by atoms with Crippen LogP contribution in [-0.2, 0) is 14.4 Å². The van der Waals surface area contributed by atoms with Crippen molar-refractivity contribution in [3.63, 3.8) is 0 Å². The molecule has 0 aromatic heterocycles. The van der Waals surface area contributed by atoms with Crippen LogP contribution in [0.3, 0.4) is 0 Å². The molecule has 0 amide bonds. The summed E-state index contributed by atoms with van der Waals surface area (Å²) in [6.45, 7) is 5.07. The van der Waals surface area contributed by atoms with Gasteiger partial charge in [-0.1, -0.05) is 13.5 Å². The monoisotopic (exact) mass is 188 g/mol. The van der Waals surface area contributed by atoms with Gasteiger partial charge in [0.25, 0.3) is 0 Å². The fraction of sp³-hybridized carbons (Fsp3) is 0.556. The van der Waals surface area contributed by atoms with E-state index >= 15 is 0 Å². The van der Waals surface area contributed by atoms with E-state index < -0.39 is 5.97 Å². The maximum Gasteiger partial charge on any atom is 0.389 e. The minimum absolute atomic E-state index is 0.171. The molecule has 0 radical (unpaired) electrons. The first-order chi connectivity index (χ1) is 5.87. The molecule has 0 saturated carbocycles. The van der Waals surface area contributed by atoms with E-state index in [-0.39, 0.29) is 4.65 Å². The number of hydroxylamine groups is 3. The molecular weight excluding hydrogens is 170 g/mol. The highest BCUT2D eigenvalue weighted by atomic mass is 16.7. The Bertz CT molecular complexity index is 170. The van der Waals surface area contributed by atoms with E-state index in [1.165, 1.54) is 0 Å². The SMILES string of the molecule is C=CC(=O)O[N+](C)(C)C.CCC=O. The fourth-order valence-corrected chi connectivity index (χ4v) is 0.307. The minimum Gasteiger partial charge on any atom is -0.303 e. The summed E-state index contributed by atoms with van der Waals surface area (Å²) in [7, 11) is 5.25. The summed E-state index contributed by atoms with van der Waals surface area (Å²) in [6, 6.07) is 0. The van der Waals surface area contributed by atoms with Crippen molar-refractivity contribution in [1.29, 1.82) is 0 Å². The van der Waals surface area contributed by atoms with Gasteiger partial charge in [0.15, 0.2) is 0 Å². The van der Waals surface area contributed by atoms with Crippen LogP contribution in [0.5, 0.6) is 0 Å². The molecule has 0 bridgehead atoms. The van der Waals surface area contributed by atoms with Crippen molar-refractivity contribution in [2.45, 2.75) is 13.3 Å². The summed E-state index contributed by atoms with van der Waals surface area (Å²) in [4.78, 5) is 24.4. The van der Waals surface area contributed by atoms with Gasteiger partial charge >= 0.3 is 5.97 Å². The van der Waals surface area contributed by atoms with E-state index in [2.05, 4.69) is 6.58 Å². The van der Waals surface area contributed by atoms with Gasteiger partial charge in [-0.3, -0.25) is 4.84 Å². The second kappa shape index (κ2) is 7.49. The molecule has 0 atom stereocenters. The molecule has 4 heteroatoms. The van der Waals surface area contributed by atoms with Gasteiger partial charge in [0.2, 0.25) is 0 Å². The quantitative estimate of drug-likeness (QED) is 0.286. The lowest BCUT2D eigenvalue weighted by molar-refractivity contribution is -1.04. The van der Waals surface area contributed by atoms with E-state index in [1.807, 2.05) is 6.92 Å². The first kappa shape index (κ1) is 14.4. The average Bonchev–Trinajstić information content (AvgIpc) is 2.02. The predicted octanol–water partition coefficient (Wildman–Crippen LogP) is 0.932. The third-order valence-electron chi connectivity index (χ3n) is 0.697. The molecule has 0 aromatic carbocycles. The van der Waals surface area contributed by atoms with Crippen molar-refractivity contribution >= 4 is 12.3 Å². The predicted molar refractivity (Wildman–Crippen MR) is 50.7 cm³/mol. The van der Waals surface area contributed by atoms with Crippen molar-refractivity contribution in [1.82, 2.24) is 0 Å².